The Hall–Kier alpha value is -2.95. The fourth-order valence-electron chi connectivity index (χ4n) is 1.78. The standard InChI is InChI=1S/C17H18N2O3/c1-3-11-22-15-9-7-13(8-10-15)18-17(20)19-14-5-4-6-16(12-14)21-2/h3-10,12H,1,11H2,2H3,(H2,18,19,20). The summed E-state index contributed by atoms with van der Waals surface area (Å²) in [4.78, 5) is 11.9. The molecule has 0 heterocycles. The number of nitrogens with one attached hydrogen (secondary N) is 2. The molecule has 0 aromatic heterocycles. The topological polar surface area (TPSA) is 59.6 Å². The van der Waals surface area contributed by atoms with E-state index in [1.807, 2.05) is 6.07 Å². The summed E-state index contributed by atoms with van der Waals surface area (Å²) in [6, 6.07) is 13.9. The van der Waals surface area contributed by atoms with E-state index in [1.165, 1.54) is 0 Å². The molecule has 0 atom stereocenters. The molecule has 0 bridgehead atoms. The first-order valence-electron chi connectivity index (χ1n) is 6.77. The van der Waals surface area contributed by atoms with E-state index in [9.17, 15) is 4.79 Å². The lowest BCUT2D eigenvalue weighted by Gasteiger charge is -2.09. The summed E-state index contributed by atoms with van der Waals surface area (Å²) < 4.78 is 10.5. The zero-order chi connectivity index (χ0) is 15.8. The van der Waals surface area contributed by atoms with Gasteiger partial charge in [0, 0.05) is 17.4 Å². The van der Waals surface area contributed by atoms with E-state index in [0.29, 0.717) is 23.7 Å². The Morgan fingerprint density at radius 1 is 1.09 bits per heavy atom. The summed E-state index contributed by atoms with van der Waals surface area (Å²) in [6.07, 6.45) is 1.67. The van der Waals surface area contributed by atoms with Crippen LogP contribution < -0.4 is 20.1 Å². The summed E-state index contributed by atoms with van der Waals surface area (Å²) in [7, 11) is 1.58. The first kappa shape index (κ1) is 15.4. The van der Waals surface area contributed by atoms with Gasteiger partial charge in [0.15, 0.2) is 0 Å². The zero-order valence-corrected chi connectivity index (χ0v) is 12.3. The second-order valence-electron chi connectivity index (χ2n) is 4.44. The molecular formula is C17H18N2O3. The SMILES string of the molecule is C=CCOc1ccc(NC(=O)Nc2cccc(OC)c2)cc1. The largest absolute Gasteiger partial charge is 0.497 e. The number of benzene rings is 2. The van der Waals surface area contributed by atoms with Gasteiger partial charge in [0.25, 0.3) is 0 Å². The first-order valence-corrected chi connectivity index (χ1v) is 6.77. The van der Waals surface area contributed by atoms with E-state index in [2.05, 4.69) is 17.2 Å². The van der Waals surface area contributed by atoms with Gasteiger partial charge < -0.3 is 20.1 Å². The summed E-state index contributed by atoms with van der Waals surface area (Å²) >= 11 is 0. The zero-order valence-electron chi connectivity index (χ0n) is 12.3. The number of hydrogen-bond acceptors (Lipinski definition) is 3. The molecule has 0 aliphatic carbocycles. The van der Waals surface area contributed by atoms with Gasteiger partial charge in [-0.2, -0.15) is 0 Å². The maximum atomic E-state index is 11.9. The average Bonchev–Trinajstić information content (AvgIpc) is 2.54. The van der Waals surface area contributed by atoms with E-state index in [1.54, 1.807) is 55.7 Å². The van der Waals surface area contributed by atoms with Crippen LogP contribution in [0.15, 0.2) is 61.2 Å². The van der Waals surface area contributed by atoms with Crippen LogP contribution in [0.1, 0.15) is 0 Å². The number of methoxy groups -OCH3 is 1. The molecular weight excluding hydrogens is 280 g/mol. The normalized spacial score (nSPS) is 9.68. The van der Waals surface area contributed by atoms with Crippen molar-refractivity contribution in [2.75, 3.05) is 24.4 Å². The fourth-order valence-corrected chi connectivity index (χ4v) is 1.78. The Bertz CT molecular complexity index is 639. The quantitative estimate of drug-likeness (QED) is 0.795. The van der Waals surface area contributed by atoms with Crippen LogP contribution in [0, 0.1) is 0 Å². The van der Waals surface area contributed by atoms with E-state index >= 15 is 0 Å². The van der Waals surface area contributed by atoms with Gasteiger partial charge in [-0.1, -0.05) is 18.7 Å². The molecule has 0 radical (unpaired) electrons. The van der Waals surface area contributed by atoms with Gasteiger partial charge in [0.05, 0.1) is 7.11 Å². The minimum absolute atomic E-state index is 0.326. The van der Waals surface area contributed by atoms with Crippen LogP contribution in [0.25, 0.3) is 0 Å². The Labute approximate surface area is 129 Å². The van der Waals surface area contributed by atoms with Crippen LogP contribution >= 0.6 is 0 Å². The Morgan fingerprint density at radius 2 is 1.82 bits per heavy atom. The average molecular weight is 298 g/mol. The van der Waals surface area contributed by atoms with E-state index < -0.39 is 0 Å². The predicted molar refractivity (Wildman–Crippen MR) is 87.8 cm³/mol. The van der Waals surface area contributed by atoms with Gasteiger partial charge in [-0.05, 0) is 36.4 Å². The van der Waals surface area contributed by atoms with Crippen molar-refractivity contribution in [1.29, 1.82) is 0 Å². The molecule has 2 rings (SSSR count). The van der Waals surface area contributed by atoms with Crippen LogP contribution in [0.3, 0.4) is 0 Å². The Balaban J connectivity index is 1.92. The lowest BCUT2D eigenvalue weighted by molar-refractivity contribution is 0.262. The number of carbonyl (C=O) groups is 1. The minimum atomic E-state index is -0.326. The third-order valence-electron chi connectivity index (χ3n) is 2.81. The Morgan fingerprint density at radius 3 is 2.50 bits per heavy atom. The van der Waals surface area contributed by atoms with E-state index in [-0.39, 0.29) is 6.03 Å². The van der Waals surface area contributed by atoms with E-state index in [4.69, 9.17) is 9.47 Å². The lowest BCUT2D eigenvalue weighted by atomic mass is 10.3. The number of anilines is 2. The number of urea groups is 1. The Kier molecular flexibility index (Phi) is 5.43. The molecule has 2 aromatic carbocycles. The number of hydrogen-bond donors (Lipinski definition) is 2. The second-order valence-corrected chi connectivity index (χ2v) is 4.44. The maximum Gasteiger partial charge on any atom is 0.323 e. The molecule has 5 heteroatoms. The maximum absolute atomic E-state index is 11.9. The second kappa shape index (κ2) is 7.73. The molecule has 0 spiro atoms. The van der Waals surface area contributed by atoms with Crippen LogP contribution in [-0.4, -0.2) is 19.7 Å². The van der Waals surface area contributed by atoms with Crippen molar-refractivity contribution in [3.05, 3.63) is 61.2 Å². The smallest absolute Gasteiger partial charge is 0.323 e. The molecule has 0 unspecified atom stereocenters. The highest BCUT2D eigenvalue weighted by Gasteiger charge is 2.04. The number of amides is 2. The number of carbonyl (C=O) groups excluding carboxylic acids is 1. The summed E-state index contributed by atoms with van der Waals surface area (Å²) in [5, 5.41) is 5.48. The number of ether oxygens (including phenoxy) is 2. The highest BCUT2D eigenvalue weighted by Crippen LogP contribution is 2.18. The highest BCUT2D eigenvalue weighted by molar-refractivity contribution is 5.99. The molecule has 2 N–H and O–H groups in total. The van der Waals surface area contributed by atoms with Gasteiger partial charge in [0.1, 0.15) is 18.1 Å². The molecule has 0 saturated carbocycles. The fraction of sp³-hybridized carbons (Fsp3) is 0.118. The van der Waals surface area contributed by atoms with Gasteiger partial charge >= 0.3 is 6.03 Å². The monoisotopic (exact) mass is 298 g/mol. The summed E-state index contributed by atoms with van der Waals surface area (Å²) in [5.74, 6) is 1.40. The van der Waals surface area contributed by atoms with Crippen molar-refractivity contribution in [3.63, 3.8) is 0 Å². The minimum Gasteiger partial charge on any atom is -0.497 e. The third kappa shape index (κ3) is 4.56. The third-order valence-corrected chi connectivity index (χ3v) is 2.81. The molecule has 0 fully saturated rings. The van der Waals surface area contributed by atoms with Crippen LogP contribution in [0.5, 0.6) is 11.5 Å². The first-order chi connectivity index (χ1) is 10.7. The molecule has 5 nitrogen and oxygen atoms in total. The molecule has 114 valence electrons. The van der Waals surface area contributed by atoms with Crippen molar-refractivity contribution in [2.24, 2.45) is 0 Å². The van der Waals surface area contributed by atoms with Crippen molar-refractivity contribution in [3.8, 4) is 11.5 Å². The molecule has 0 aliphatic rings. The van der Waals surface area contributed by atoms with Gasteiger partial charge in [-0.3, -0.25) is 0 Å². The van der Waals surface area contributed by atoms with Gasteiger partial charge in [-0.15, -0.1) is 0 Å². The molecule has 22 heavy (non-hydrogen) atoms. The summed E-state index contributed by atoms with van der Waals surface area (Å²) in [5.41, 5.74) is 1.33. The van der Waals surface area contributed by atoms with Gasteiger partial charge in [-0.25, -0.2) is 4.79 Å². The van der Waals surface area contributed by atoms with Crippen LogP contribution in [0.4, 0.5) is 16.2 Å². The van der Waals surface area contributed by atoms with Crippen molar-refractivity contribution < 1.29 is 14.3 Å². The molecule has 0 aliphatic heterocycles. The van der Waals surface area contributed by atoms with E-state index in [0.717, 1.165) is 5.75 Å². The highest BCUT2D eigenvalue weighted by atomic mass is 16.5. The van der Waals surface area contributed by atoms with Gasteiger partial charge in [0.2, 0.25) is 0 Å². The molecule has 2 aromatic rings. The molecule has 0 saturated heterocycles. The lowest BCUT2D eigenvalue weighted by Crippen LogP contribution is -2.19. The summed E-state index contributed by atoms with van der Waals surface area (Å²) in [6.45, 7) is 4.03. The van der Waals surface area contributed by atoms with Crippen molar-refractivity contribution in [1.82, 2.24) is 0 Å². The van der Waals surface area contributed by atoms with Crippen molar-refractivity contribution >= 4 is 17.4 Å². The van der Waals surface area contributed by atoms with Crippen LogP contribution in [-0.2, 0) is 0 Å². The molecule has 2 amide bonds. The number of rotatable bonds is 6. The predicted octanol–water partition coefficient (Wildman–Crippen LogP) is 3.90. The van der Waals surface area contributed by atoms with Crippen molar-refractivity contribution in [2.45, 2.75) is 0 Å². The van der Waals surface area contributed by atoms with Crippen LogP contribution in [0.2, 0.25) is 0 Å².